The van der Waals surface area contributed by atoms with Gasteiger partial charge in [0.2, 0.25) is 0 Å². The van der Waals surface area contributed by atoms with Crippen LogP contribution >= 0.6 is 31.9 Å². The summed E-state index contributed by atoms with van der Waals surface area (Å²) in [4.78, 5) is 12.6. The number of hydrogen-bond acceptors (Lipinski definition) is 2. The van der Waals surface area contributed by atoms with Crippen LogP contribution in [0.4, 0.5) is 0 Å². The second-order valence-corrected chi connectivity index (χ2v) is 6.18. The van der Waals surface area contributed by atoms with Gasteiger partial charge in [0.25, 0.3) is 0 Å². The number of halogens is 2. The number of carbonyl (C=O) groups is 1. The molecule has 2 nitrogen and oxygen atoms in total. The van der Waals surface area contributed by atoms with Gasteiger partial charge < -0.3 is 0 Å². The van der Waals surface area contributed by atoms with E-state index in [1.807, 2.05) is 37.3 Å². The van der Waals surface area contributed by atoms with Crippen LogP contribution in [0.5, 0.6) is 0 Å². The molecule has 2 aromatic rings. The van der Waals surface area contributed by atoms with Crippen molar-refractivity contribution in [2.45, 2.75) is 12.8 Å². The minimum Gasteiger partial charge on any atom is -0.292 e. The van der Waals surface area contributed by atoms with Crippen LogP contribution in [0.3, 0.4) is 0 Å². The Hall–Kier alpha value is -1.44. The fraction of sp³-hybridized carbons (Fsp3) is 0.125. The van der Waals surface area contributed by atoms with E-state index in [0.29, 0.717) is 10.0 Å². The van der Waals surface area contributed by atoms with E-state index < -0.39 is 5.92 Å². The largest absolute Gasteiger partial charge is 0.292 e. The molecular weight excluding hydrogens is 382 g/mol. The Kier molecular flexibility index (Phi) is 4.74. The average Bonchev–Trinajstić information content (AvgIpc) is 2.44. The van der Waals surface area contributed by atoms with Gasteiger partial charge in [0.05, 0.1) is 6.07 Å². The Balaban J connectivity index is 2.48. The maximum Gasteiger partial charge on any atom is 0.185 e. The summed E-state index contributed by atoms with van der Waals surface area (Å²) >= 11 is 6.72. The summed E-state index contributed by atoms with van der Waals surface area (Å²) in [5, 5.41) is 9.40. The molecule has 0 N–H and O–H groups in total. The van der Waals surface area contributed by atoms with Crippen LogP contribution in [0, 0.1) is 18.3 Å². The van der Waals surface area contributed by atoms with Crippen LogP contribution in [0.1, 0.15) is 27.4 Å². The van der Waals surface area contributed by atoms with E-state index in [4.69, 9.17) is 0 Å². The van der Waals surface area contributed by atoms with Crippen molar-refractivity contribution in [2.24, 2.45) is 0 Å². The van der Waals surface area contributed by atoms with Crippen LogP contribution in [0.15, 0.2) is 51.4 Å². The second kappa shape index (κ2) is 6.34. The molecule has 1 unspecified atom stereocenters. The number of Topliss-reactive ketones (excluding diaryl/α,β-unsaturated/α-hetero) is 1. The first-order valence-corrected chi connectivity index (χ1v) is 7.57. The number of benzene rings is 2. The lowest BCUT2D eigenvalue weighted by Gasteiger charge is -2.12. The quantitative estimate of drug-likeness (QED) is 0.688. The summed E-state index contributed by atoms with van der Waals surface area (Å²) in [7, 11) is 0. The molecule has 0 radical (unpaired) electrons. The molecule has 0 aliphatic heterocycles. The van der Waals surface area contributed by atoms with E-state index in [1.165, 1.54) is 0 Å². The lowest BCUT2D eigenvalue weighted by atomic mass is 9.89. The molecule has 0 aliphatic rings. The first-order valence-electron chi connectivity index (χ1n) is 5.99. The number of aryl methyl sites for hydroxylation is 1. The molecule has 0 aliphatic carbocycles. The van der Waals surface area contributed by atoms with Crippen molar-refractivity contribution in [1.82, 2.24) is 0 Å². The van der Waals surface area contributed by atoms with E-state index >= 15 is 0 Å². The second-order valence-electron chi connectivity index (χ2n) is 4.41. The Morgan fingerprint density at radius 2 is 1.90 bits per heavy atom. The molecule has 0 heterocycles. The molecule has 1 atom stereocenters. The molecule has 0 amide bonds. The molecule has 0 spiro atoms. The van der Waals surface area contributed by atoms with Crippen molar-refractivity contribution in [1.29, 1.82) is 5.26 Å². The third-order valence-electron chi connectivity index (χ3n) is 3.08. The molecule has 0 aromatic heterocycles. The summed E-state index contributed by atoms with van der Waals surface area (Å²) in [6.45, 7) is 1.91. The minimum absolute atomic E-state index is 0.199. The Bertz CT molecular complexity index is 704. The third kappa shape index (κ3) is 3.00. The molecule has 2 aromatic carbocycles. The van der Waals surface area contributed by atoms with Crippen LogP contribution in [0.25, 0.3) is 0 Å². The normalized spacial score (nSPS) is 11.7. The fourth-order valence-electron chi connectivity index (χ4n) is 2.02. The zero-order valence-corrected chi connectivity index (χ0v) is 13.9. The van der Waals surface area contributed by atoms with Gasteiger partial charge in [0.1, 0.15) is 5.92 Å². The summed E-state index contributed by atoms with van der Waals surface area (Å²) in [6, 6.07) is 15.0. The standard InChI is InChI=1S/C16H11Br2NO/c1-10-4-2-3-5-12(10)14(9-19)16(20)13-8-11(17)6-7-15(13)18/h2-8,14H,1H3. The summed E-state index contributed by atoms with van der Waals surface area (Å²) in [5.74, 6) is -0.989. The molecule has 0 fully saturated rings. The topological polar surface area (TPSA) is 40.9 Å². The molecule has 4 heteroatoms. The highest BCUT2D eigenvalue weighted by molar-refractivity contribution is 9.11. The number of nitrogens with zero attached hydrogens (tertiary/aromatic N) is 1. The smallest absolute Gasteiger partial charge is 0.185 e. The lowest BCUT2D eigenvalue weighted by molar-refractivity contribution is 0.0978. The molecule has 0 saturated carbocycles. The highest BCUT2D eigenvalue weighted by atomic mass is 79.9. The van der Waals surface area contributed by atoms with Gasteiger partial charge in [-0.25, -0.2) is 0 Å². The summed E-state index contributed by atoms with van der Waals surface area (Å²) in [6.07, 6.45) is 0. The zero-order chi connectivity index (χ0) is 14.7. The van der Waals surface area contributed by atoms with Crippen LogP contribution in [-0.2, 0) is 0 Å². The van der Waals surface area contributed by atoms with Crippen LogP contribution < -0.4 is 0 Å². The van der Waals surface area contributed by atoms with Crippen molar-refractivity contribution in [3.8, 4) is 6.07 Å². The van der Waals surface area contributed by atoms with Gasteiger partial charge in [0.15, 0.2) is 5.78 Å². The maximum absolute atomic E-state index is 12.6. The molecule has 2 rings (SSSR count). The van der Waals surface area contributed by atoms with Gasteiger partial charge in [-0.1, -0.05) is 56.1 Å². The molecule has 100 valence electrons. The van der Waals surface area contributed by atoms with E-state index in [1.54, 1.807) is 12.1 Å². The van der Waals surface area contributed by atoms with Crippen molar-refractivity contribution in [3.63, 3.8) is 0 Å². The number of rotatable bonds is 3. The van der Waals surface area contributed by atoms with E-state index in [-0.39, 0.29) is 5.78 Å². The first kappa shape index (κ1) is 15.0. The molecular formula is C16H11Br2NO. The van der Waals surface area contributed by atoms with E-state index in [9.17, 15) is 10.1 Å². The van der Waals surface area contributed by atoms with Crippen LogP contribution in [-0.4, -0.2) is 5.78 Å². The van der Waals surface area contributed by atoms with Gasteiger partial charge in [-0.2, -0.15) is 5.26 Å². The SMILES string of the molecule is Cc1ccccc1C(C#N)C(=O)c1cc(Br)ccc1Br. The number of carbonyl (C=O) groups excluding carboxylic acids is 1. The number of nitriles is 1. The fourth-order valence-corrected chi connectivity index (χ4v) is 2.83. The van der Waals surface area contributed by atoms with Gasteiger partial charge in [-0.3, -0.25) is 4.79 Å². The van der Waals surface area contributed by atoms with Gasteiger partial charge in [-0.05, 0) is 36.2 Å². The monoisotopic (exact) mass is 391 g/mol. The van der Waals surface area contributed by atoms with E-state index in [2.05, 4.69) is 37.9 Å². The average molecular weight is 393 g/mol. The van der Waals surface area contributed by atoms with Gasteiger partial charge >= 0.3 is 0 Å². The predicted molar refractivity (Wildman–Crippen MR) is 85.7 cm³/mol. The lowest BCUT2D eigenvalue weighted by Crippen LogP contribution is -2.13. The molecule has 0 bridgehead atoms. The minimum atomic E-state index is -0.790. The van der Waals surface area contributed by atoms with Crippen molar-refractivity contribution in [2.75, 3.05) is 0 Å². The van der Waals surface area contributed by atoms with E-state index in [0.717, 1.165) is 15.6 Å². The van der Waals surface area contributed by atoms with Crippen molar-refractivity contribution in [3.05, 3.63) is 68.1 Å². The Morgan fingerprint density at radius 3 is 2.55 bits per heavy atom. The van der Waals surface area contributed by atoms with Crippen molar-refractivity contribution < 1.29 is 4.79 Å². The zero-order valence-electron chi connectivity index (χ0n) is 10.7. The molecule has 20 heavy (non-hydrogen) atoms. The Morgan fingerprint density at radius 1 is 1.20 bits per heavy atom. The highest BCUT2D eigenvalue weighted by Gasteiger charge is 2.24. The first-order chi connectivity index (χ1) is 9.54. The number of ketones is 1. The number of hydrogen-bond donors (Lipinski definition) is 0. The summed E-state index contributed by atoms with van der Waals surface area (Å²) < 4.78 is 1.50. The summed E-state index contributed by atoms with van der Waals surface area (Å²) in [5.41, 5.74) is 2.21. The third-order valence-corrected chi connectivity index (χ3v) is 4.27. The van der Waals surface area contributed by atoms with Crippen LogP contribution in [0.2, 0.25) is 0 Å². The maximum atomic E-state index is 12.6. The van der Waals surface area contributed by atoms with Gasteiger partial charge in [-0.15, -0.1) is 0 Å². The highest BCUT2D eigenvalue weighted by Crippen LogP contribution is 2.29. The predicted octanol–water partition coefficient (Wildman–Crippen LogP) is 5.01. The Labute approximate surface area is 134 Å². The molecule has 0 saturated heterocycles. The van der Waals surface area contributed by atoms with Crippen molar-refractivity contribution >= 4 is 37.6 Å². The van der Waals surface area contributed by atoms with Gasteiger partial charge in [0, 0.05) is 14.5 Å².